The normalized spacial score (nSPS) is 17.1. The molecule has 0 bridgehead atoms. The molecule has 1 aromatic heterocycles. The van der Waals surface area contributed by atoms with Gasteiger partial charge in [0.2, 0.25) is 0 Å². The zero-order valence-electron chi connectivity index (χ0n) is 20.2. The summed E-state index contributed by atoms with van der Waals surface area (Å²) in [6.07, 6.45) is 4.36. The van der Waals surface area contributed by atoms with Gasteiger partial charge in [-0.1, -0.05) is 12.1 Å². The Balaban J connectivity index is 1.44. The Morgan fingerprint density at radius 1 is 1.11 bits per heavy atom. The molecule has 2 aliphatic rings. The van der Waals surface area contributed by atoms with Gasteiger partial charge < -0.3 is 19.3 Å². The number of urea groups is 1. The number of amides is 3. The van der Waals surface area contributed by atoms with Crippen molar-refractivity contribution in [2.24, 2.45) is 0 Å². The molecule has 0 saturated carbocycles. The molecule has 0 radical (unpaired) electrons. The van der Waals surface area contributed by atoms with Crippen LogP contribution in [-0.2, 0) is 11.3 Å². The van der Waals surface area contributed by atoms with Crippen LogP contribution >= 0.6 is 0 Å². The van der Waals surface area contributed by atoms with Crippen LogP contribution in [-0.4, -0.2) is 71.5 Å². The largest absolute Gasteiger partial charge is 0.497 e. The molecule has 0 aliphatic carbocycles. The first-order chi connectivity index (χ1) is 17.4. The first-order valence-electron chi connectivity index (χ1n) is 11.8. The molecule has 2 aliphatic heterocycles. The molecule has 188 valence electrons. The SMILES string of the molecule is COC(=O)N1CCC2(CC1)CN(c1ccc(-c3cn[nH]c3)cc1)C(=O)N2Cc1cc(F)cc(OC)c1. The number of hydrogen-bond acceptors (Lipinski definition) is 5. The van der Waals surface area contributed by atoms with Crippen LogP contribution in [0.25, 0.3) is 11.1 Å². The van der Waals surface area contributed by atoms with Gasteiger partial charge in [-0.15, -0.1) is 0 Å². The Bertz CT molecular complexity index is 1240. The molecule has 2 saturated heterocycles. The fourth-order valence-corrected chi connectivity index (χ4v) is 5.15. The lowest BCUT2D eigenvalue weighted by atomic mass is 9.86. The second-order valence-corrected chi connectivity index (χ2v) is 9.17. The third-order valence-electron chi connectivity index (χ3n) is 7.13. The number of ether oxygens (including phenoxy) is 2. The number of carbonyl (C=O) groups excluding carboxylic acids is 2. The second-order valence-electron chi connectivity index (χ2n) is 9.17. The van der Waals surface area contributed by atoms with Crippen molar-refractivity contribution in [3.8, 4) is 16.9 Å². The fourth-order valence-electron chi connectivity index (χ4n) is 5.15. The number of nitrogens with one attached hydrogen (secondary N) is 1. The standard InChI is InChI=1S/C26H28FN5O4/c1-35-23-12-18(11-21(27)13-23)16-32-24(33)31(17-26(32)7-9-30(10-8-26)25(34)36-2)22-5-3-19(4-6-22)20-14-28-29-15-20/h3-6,11-15H,7-10,16-17H2,1-2H3,(H,28,29). The Labute approximate surface area is 208 Å². The number of likely N-dealkylation sites (tertiary alicyclic amines) is 1. The molecule has 0 atom stereocenters. The number of nitrogens with zero attached hydrogens (tertiary/aromatic N) is 4. The van der Waals surface area contributed by atoms with Crippen molar-refractivity contribution in [1.29, 1.82) is 0 Å². The van der Waals surface area contributed by atoms with Gasteiger partial charge in [-0.3, -0.25) is 10.00 Å². The number of aromatic nitrogens is 2. The highest BCUT2D eigenvalue weighted by Gasteiger charge is 2.51. The molecule has 1 N–H and O–H groups in total. The molecule has 3 aromatic rings. The van der Waals surface area contributed by atoms with E-state index < -0.39 is 11.4 Å². The number of aromatic amines is 1. The summed E-state index contributed by atoms with van der Waals surface area (Å²) >= 11 is 0. The van der Waals surface area contributed by atoms with Gasteiger partial charge in [0.05, 0.1) is 32.5 Å². The van der Waals surface area contributed by atoms with Crippen LogP contribution in [0.3, 0.4) is 0 Å². The van der Waals surface area contributed by atoms with Crippen molar-refractivity contribution in [2.75, 3.05) is 38.8 Å². The summed E-state index contributed by atoms with van der Waals surface area (Å²) in [5.41, 5.74) is 2.87. The van der Waals surface area contributed by atoms with Crippen LogP contribution in [0.5, 0.6) is 5.75 Å². The molecule has 1 spiro atoms. The van der Waals surface area contributed by atoms with E-state index >= 15 is 0 Å². The number of rotatable bonds is 5. The molecule has 5 rings (SSSR count). The summed E-state index contributed by atoms with van der Waals surface area (Å²) in [6.45, 7) is 1.64. The first kappa shape index (κ1) is 23.7. The number of halogens is 1. The van der Waals surface area contributed by atoms with E-state index in [1.165, 1.54) is 26.4 Å². The number of benzene rings is 2. The quantitative estimate of drug-likeness (QED) is 0.573. The van der Waals surface area contributed by atoms with Gasteiger partial charge in [0.15, 0.2) is 0 Å². The summed E-state index contributed by atoms with van der Waals surface area (Å²) in [5, 5.41) is 6.80. The van der Waals surface area contributed by atoms with E-state index in [2.05, 4.69) is 10.2 Å². The van der Waals surface area contributed by atoms with Crippen LogP contribution in [0.4, 0.5) is 19.7 Å². The molecule has 3 heterocycles. The summed E-state index contributed by atoms with van der Waals surface area (Å²) in [4.78, 5) is 31.1. The monoisotopic (exact) mass is 493 g/mol. The van der Waals surface area contributed by atoms with Crippen molar-refractivity contribution in [3.05, 3.63) is 66.2 Å². The Hall–Kier alpha value is -4.08. The van der Waals surface area contributed by atoms with E-state index in [4.69, 9.17) is 9.47 Å². The van der Waals surface area contributed by atoms with E-state index in [-0.39, 0.29) is 18.7 Å². The Morgan fingerprint density at radius 2 is 1.86 bits per heavy atom. The summed E-state index contributed by atoms with van der Waals surface area (Å²) < 4.78 is 24.4. The van der Waals surface area contributed by atoms with Gasteiger partial charge >= 0.3 is 12.1 Å². The predicted molar refractivity (Wildman–Crippen MR) is 131 cm³/mol. The maximum Gasteiger partial charge on any atom is 0.409 e. The number of H-pyrrole nitrogens is 1. The number of methoxy groups -OCH3 is 2. The van der Waals surface area contributed by atoms with Gasteiger partial charge in [0, 0.05) is 43.1 Å². The maximum absolute atomic E-state index is 14.2. The minimum atomic E-state index is -0.510. The highest BCUT2D eigenvalue weighted by Crippen LogP contribution is 2.40. The third kappa shape index (κ3) is 4.34. The van der Waals surface area contributed by atoms with Crippen molar-refractivity contribution in [3.63, 3.8) is 0 Å². The van der Waals surface area contributed by atoms with Gasteiger partial charge in [-0.25, -0.2) is 14.0 Å². The predicted octanol–water partition coefficient (Wildman–Crippen LogP) is 4.27. The fraction of sp³-hybridized carbons (Fsp3) is 0.346. The zero-order valence-corrected chi connectivity index (χ0v) is 20.2. The molecule has 10 heteroatoms. The zero-order chi connectivity index (χ0) is 25.3. The minimum absolute atomic E-state index is 0.152. The molecule has 36 heavy (non-hydrogen) atoms. The average molecular weight is 494 g/mol. The summed E-state index contributed by atoms with van der Waals surface area (Å²) in [7, 11) is 2.85. The van der Waals surface area contributed by atoms with Crippen molar-refractivity contribution >= 4 is 17.8 Å². The lowest BCUT2D eigenvalue weighted by molar-refractivity contribution is 0.0615. The molecule has 2 fully saturated rings. The highest BCUT2D eigenvalue weighted by atomic mass is 19.1. The van der Waals surface area contributed by atoms with Crippen molar-refractivity contribution in [1.82, 2.24) is 20.0 Å². The summed E-state index contributed by atoms with van der Waals surface area (Å²) in [6, 6.07) is 12.1. The molecule has 9 nitrogen and oxygen atoms in total. The number of carbonyl (C=O) groups is 2. The Morgan fingerprint density at radius 3 is 2.50 bits per heavy atom. The van der Waals surface area contributed by atoms with Crippen LogP contribution in [0.15, 0.2) is 54.9 Å². The molecule has 2 aromatic carbocycles. The molecule has 0 unspecified atom stereocenters. The second kappa shape index (κ2) is 9.52. The summed E-state index contributed by atoms with van der Waals surface area (Å²) in [5.74, 6) is -0.0184. The van der Waals surface area contributed by atoms with Gasteiger partial charge in [-0.05, 0) is 48.2 Å². The van der Waals surface area contributed by atoms with Crippen LogP contribution < -0.4 is 9.64 Å². The van der Waals surface area contributed by atoms with E-state index in [1.54, 1.807) is 22.1 Å². The van der Waals surface area contributed by atoms with E-state index in [0.717, 1.165) is 16.8 Å². The Kier molecular flexibility index (Phi) is 6.26. The molecular formula is C26H28FN5O4. The first-order valence-corrected chi connectivity index (χ1v) is 11.8. The third-order valence-corrected chi connectivity index (χ3v) is 7.13. The minimum Gasteiger partial charge on any atom is -0.497 e. The van der Waals surface area contributed by atoms with Crippen LogP contribution in [0.1, 0.15) is 18.4 Å². The van der Waals surface area contributed by atoms with E-state index in [0.29, 0.717) is 43.8 Å². The number of piperidine rings is 1. The van der Waals surface area contributed by atoms with Crippen LogP contribution in [0.2, 0.25) is 0 Å². The lowest BCUT2D eigenvalue weighted by Gasteiger charge is -2.43. The molecule has 3 amide bonds. The van der Waals surface area contributed by atoms with Gasteiger partial charge in [0.1, 0.15) is 11.6 Å². The number of hydrogen-bond donors (Lipinski definition) is 1. The average Bonchev–Trinajstić information content (AvgIpc) is 3.52. The van der Waals surface area contributed by atoms with Gasteiger partial charge in [-0.2, -0.15) is 5.10 Å². The van der Waals surface area contributed by atoms with Crippen molar-refractivity contribution in [2.45, 2.75) is 24.9 Å². The van der Waals surface area contributed by atoms with Crippen molar-refractivity contribution < 1.29 is 23.5 Å². The lowest BCUT2D eigenvalue weighted by Crippen LogP contribution is -2.55. The van der Waals surface area contributed by atoms with E-state index in [9.17, 15) is 14.0 Å². The number of anilines is 1. The highest BCUT2D eigenvalue weighted by molar-refractivity contribution is 5.95. The van der Waals surface area contributed by atoms with E-state index in [1.807, 2.05) is 35.4 Å². The maximum atomic E-state index is 14.2. The topological polar surface area (TPSA) is 91.0 Å². The van der Waals surface area contributed by atoms with Gasteiger partial charge in [0.25, 0.3) is 0 Å². The smallest absolute Gasteiger partial charge is 0.409 e. The van der Waals surface area contributed by atoms with Crippen LogP contribution in [0, 0.1) is 5.82 Å². The molecular weight excluding hydrogens is 465 g/mol.